The summed E-state index contributed by atoms with van der Waals surface area (Å²) in [6, 6.07) is 8.24. The van der Waals surface area contributed by atoms with Gasteiger partial charge in [0.1, 0.15) is 11.9 Å². The Morgan fingerprint density at radius 1 is 1.18 bits per heavy atom. The van der Waals surface area contributed by atoms with E-state index in [1.165, 1.54) is 18.4 Å². The second-order valence-corrected chi connectivity index (χ2v) is 8.84. The fourth-order valence-corrected chi connectivity index (χ4v) is 4.19. The van der Waals surface area contributed by atoms with Crippen molar-refractivity contribution in [2.24, 2.45) is 5.41 Å². The Kier molecular flexibility index (Phi) is 5.78. The van der Waals surface area contributed by atoms with Crippen LogP contribution in [0.15, 0.2) is 24.3 Å². The summed E-state index contributed by atoms with van der Waals surface area (Å²) in [5.41, 5.74) is 1.54. The number of piperazine rings is 1. The predicted octanol–water partition coefficient (Wildman–Crippen LogP) is 2.05. The van der Waals surface area contributed by atoms with Crippen molar-refractivity contribution in [1.29, 1.82) is 0 Å². The lowest BCUT2D eigenvalue weighted by Gasteiger charge is -2.39. The molecule has 1 N–H and O–H groups in total. The molecule has 0 atom stereocenters. The van der Waals surface area contributed by atoms with Gasteiger partial charge in [0.15, 0.2) is 0 Å². The number of carbonyl (C=O) groups is 1. The number of ether oxygens (including phenoxy) is 1. The van der Waals surface area contributed by atoms with Gasteiger partial charge in [0.25, 0.3) is 0 Å². The summed E-state index contributed by atoms with van der Waals surface area (Å²) in [5.74, 6) is 0.958. The molecule has 1 aromatic carbocycles. The summed E-state index contributed by atoms with van der Waals surface area (Å²) >= 11 is 0. The van der Waals surface area contributed by atoms with E-state index in [0.29, 0.717) is 18.5 Å². The van der Waals surface area contributed by atoms with Crippen LogP contribution < -0.4 is 10.1 Å². The standard InChI is InChI=1S/C22H34N4O2/c1-3-18-6-4-5-7-20(18)28-19-14-26(15-19)21(27)23-16-22(8-9-22)17-25-12-10-24(2)11-13-25/h4-7,19H,3,8-17H2,1-2H3,(H,23,27). The Morgan fingerprint density at radius 2 is 1.89 bits per heavy atom. The highest BCUT2D eigenvalue weighted by atomic mass is 16.5. The minimum atomic E-state index is 0.0632. The average molecular weight is 387 g/mol. The van der Waals surface area contributed by atoms with E-state index in [1.807, 2.05) is 23.1 Å². The van der Waals surface area contributed by atoms with Gasteiger partial charge in [-0.1, -0.05) is 25.1 Å². The van der Waals surface area contributed by atoms with Gasteiger partial charge in [-0.15, -0.1) is 0 Å². The summed E-state index contributed by atoms with van der Waals surface area (Å²) in [6.45, 7) is 10.0. The molecule has 4 rings (SSSR count). The second-order valence-electron chi connectivity index (χ2n) is 8.84. The minimum absolute atomic E-state index is 0.0632. The second kappa shape index (κ2) is 8.29. The first-order valence-corrected chi connectivity index (χ1v) is 10.8. The highest BCUT2D eigenvalue weighted by Crippen LogP contribution is 2.45. The summed E-state index contributed by atoms with van der Waals surface area (Å²) in [5, 5.41) is 3.19. The van der Waals surface area contributed by atoms with Crippen LogP contribution in [0.2, 0.25) is 0 Å². The number of hydrogen-bond acceptors (Lipinski definition) is 4. The molecule has 2 amide bonds. The summed E-state index contributed by atoms with van der Waals surface area (Å²) in [6.07, 6.45) is 3.54. The molecule has 0 radical (unpaired) electrons. The summed E-state index contributed by atoms with van der Waals surface area (Å²) in [7, 11) is 2.19. The molecule has 0 spiro atoms. The number of carbonyl (C=O) groups excluding carboxylic acids is 1. The molecule has 6 heteroatoms. The van der Waals surface area contributed by atoms with E-state index in [9.17, 15) is 4.79 Å². The number of benzene rings is 1. The van der Waals surface area contributed by atoms with Crippen molar-refractivity contribution < 1.29 is 9.53 Å². The van der Waals surface area contributed by atoms with Crippen molar-refractivity contribution in [3.05, 3.63) is 29.8 Å². The monoisotopic (exact) mass is 386 g/mol. The zero-order chi connectivity index (χ0) is 19.6. The Morgan fingerprint density at radius 3 is 2.57 bits per heavy atom. The van der Waals surface area contributed by atoms with Gasteiger partial charge < -0.3 is 24.8 Å². The lowest BCUT2D eigenvalue weighted by Crippen LogP contribution is -2.59. The fourth-order valence-electron chi connectivity index (χ4n) is 4.19. The van der Waals surface area contributed by atoms with Gasteiger partial charge in [0.05, 0.1) is 13.1 Å². The van der Waals surface area contributed by atoms with Gasteiger partial charge in [-0.2, -0.15) is 0 Å². The van der Waals surface area contributed by atoms with E-state index in [-0.39, 0.29) is 12.1 Å². The van der Waals surface area contributed by atoms with Gasteiger partial charge in [0, 0.05) is 44.7 Å². The highest BCUT2D eigenvalue weighted by Gasteiger charge is 2.45. The van der Waals surface area contributed by atoms with Crippen LogP contribution in [0.3, 0.4) is 0 Å². The number of likely N-dealkylation sites (N-methyl/N-ethyl adjacent to an activating group) is 1. The van der Waals surface area contributed by atoms with Gasteiger partial charge in [-0.25, -0.2) is 4.79 Å². The van der Waals surface area contributed by atoms with Crippen LogP contribution in [0.25, 0.3) is 0 Å². The number of likely N-dealkylation sites (tertiary alicyclic amines) is 1. The lowest BCUT2D eigenvalue weighted by atomic mass is 10.1. The molecule has 0 bridgehead atoms. The van der Waals surface area contributed by atoms with Gasteiger partial charge in [0.2, 0.25) is 0 Å². The molecular weight excluding hydrogens is 352 g/mol. The van der Waals surface area contributed by atoms with Crippen LogP contribution in [-0.4, -0.2) is 86.2 Å². The van der Waals surface area contributed by atoms with Crippen molar-refractivity contribution in [2.75, 3.05) is 59.4 Å². The normalized spacial score (nSPS) is 22.6. The molecule has 6 nitrogen and oxygen atoms in total. The Hall–Kier alpha value is -1.79. The predicted molar refractivity (Wildman–Crippen MR) is 111 cm³/mol. The molecule has 2 aliphatic heterocycles. The zero-order valence-corrected chi connectivity index (χ0v) is 17.3. The summed E-state index contributed by atoms with van der Waals surface area (Å²) in [4.78, 5) is 19.3. The van der Waals surface area contributed by atoms with Crippen LogP contribution in [0.4, 0.5) is 4.79 Å². The molecule has 1 saturated carbocycles. The molecule has 3 fully saturated rings. The van der Waals surface area contributed by atoms with Crippen molar-refractivity contribution in [1.82, 2.24) is 20.0 Å². The third-order valence-corrected chi connectivity index (χ3v) is 6.51. The number of aryl methyl sites for hydroxylation is 1. The molecule has 1 aromatic rings. The molecule has 2 saturated heterocycles. The first-order chi connectivity index (χ1) is 13.6. The number of nitrogens with zero attached hydrogens (tertiary/aromatic N) is 3. The Labute approximate surface area is 168 Å². The topological polar surface area (TPSA) is 48.1 Å². The third-order valence-electron chi connectivity index (χ3n) is 6.51. The van der Waals surface area contributed by atoms with E-state index in [4.69, 9.17) is 4.74 Å². The first kappa shape index (κ1) is 19.5. The van der Waals surface area contributed by atoms with Crippen LogP contribution in [0.5, 0.6) is 5.75 Å². The Bertz CT molecular complexity index is 677. The molecule has 154 valence electrons. The Balaban J connectivity index is 1.17. The maximum Gasteiger partial charge on any atom is 0.317 e. The SMILES string of the molecule is CCc1ccccc1OC1CN(C(=O)NCC2(CN3CCN(C)CC3)CC2)C1. The van der Waals surface area contributed by atoms with E-state index < -0.39 is 0 Å². The van der Waals surface area contributed by atoms with E-state index in [1.54, 1.807) is 0 Å². The van der Waals surface area contributed by atoms with Crippen LogP contribution >= 0.6 is 0 Å². The zero-order valence-electron chi connectivity index (χ0n) is 17.3. The number of nitrogens with one attached hydrogen (secondary N) is 1. The average Bonchev–Trinajstić information content (AvgIpc) is 3.44. The van der Waals surface area contributed by atoms with Gasteiger partial charge >= 0.3 is 6.03 Å². The maximum atomic E-state index is 12.5. The number of amides is 2. The van der Waals surface area contributed by atoms with Crippen LogP contribution in [0, 0.1) is 5.41 Å². The lowest BCUT2D eigenvalue weighted by molar-refractivity contribution is 0.0430. The fraction of sp³-hybridized carbons (Fsp3) is 0.682. The van der Waals surface area contributed by atoms with Gasteiger partial charge in [-0.3, -0.25) is 0 Å². The first-order valence-electron chi connectivity index (χ1n) is 10.8. The number of urea groups is 1. The molecule has 2 heterocycles. The van der Waals surface area contributed by atoms with Crippen LogP contribution in [-0.2, 0) is 6.42 Å². The molecule has 0 aromatic heterocycles. The van der Waals surface area contributed by atoms with Crippen LogP contribution in [0.1, 0.15) is 25.3 Å². The largest absolute Gasteiger partial charge is 0.486 e. The van der Waals surface area contributed by atoms with Crippen molar-refractivity contribution in [2.45, 2.75) is 32.3 Å². The van der Waals surface area contributed by atoms with E-state index in [2.05, 4.69) is 35.2 Å². The quantitative estimate of drug-likeness (QED) is 0.779. The van der Waals surface area contributed by atoms with E-state index in [0.717, 1.165) is 51.4 Å². The van der Waals surface area contributed by atoms with Gasteiger partial charge in [-0.05, 0) is 37.9 Å². The molecule has 0 unspecified atom stereocenters. The maximum absolute atomic E-state index is 12.5. The highest BCUT2D eigenvalue weighted by molar-refractivity contribution is 5.75. The van der Waals surface area contributed by atoms with Crippen molar-refractivity contribution in [3.63, 3.8) is 0 Å². The van der Waals surface area contributed by atoms with Crippen molar-refractivity contribution >= 4 is 6.03 Å². The summed E-state index contributed by atoms with van der Waals surface area (Å²) < 4.78 is 6.09. The third kappa shape index (κ3) is 4.61. The molecular formula is C22H34N4O2. The van der Waals surface area contributed by atoms with E-state index >= 15 is 0 Å². The number of hydrogen-bond donors (Lipinski definition) is 1. The number of para-hydroxylation sites is 1. The molecule has 28 heavy (non-hydrogen) atoms. The smallest absolute Gasteiger partial charge is 0.317 e. The van der Waals surface area contributed by atoms with Crippen molar-refractivity contribution in [3.8, 4) is 5.75 Å². The molecule has 1 aliphatic carbocycles. The minimum Gasteiger partial charge on any atom is -0.486 e. The molecule has 3 aliphatic rings. The number of rotatable bonds is 7.